The zero-order valence-corrected chi connectivity index (χ0v) is 13.0. The van der Waals surface area contributed by atoms with Crippen molar-refractivity contribution in [3.63, 3.8) is 0 Å². The molecule has 0 heterocycles. The molecule has 0 aromatic heterocycles. The van der Waals surface area contributed by atoms with Gasteiger partial charge in [-0.2, -0.15) is 5.26 Å². The third-order valence-corrected chi connectivity index (χ3v) is 3.34. The monoisotopic (exact) mass is 323 g/mol. The first kappa shape index (κ1) is 17.2. The van der Waals surface area contributed by atoms with Gasteiger partial charge in [0.1, 0.15) is 0 Å². The van der Waals surface area contributed by atoms with Crippen molar-refractivity contribution in [1.29, 1.82) is 5.26 Å². The van der Waals surface area contributed by atoms with E-state index in [0.29, 0.717) is 11.3 Å². The SMILES string of the molecule is N#Cc1ccc(NC(=O)C(=O)N(CCO)Cc2ccccc2)cc1. The molecule has 122 valence electrons. The molecule has 2 rings (SSSR count). The summed E-state index contributed by atoms with van der Waals surface area (Å²) in [6, 6.07) is 17.4. The number of nitriles is 1. The number of carbonyl (C=O) groups is 2. The van der Waals surface area contributed by atoms with Gasteiger partial charge in [0.05, 0.1) is 18.2 Å². The minimum atomic E-state index is -0.788. The molecule has 0 unspecified atom stereocenters. The Hall–Kier alpha value is -3.17. The Bertz CT molecular complexity index is 736. The number of nitrogens with zero attached hydrogens (tertiary/aromatic N) is 2. The van der Waals surface area contributed by atoms with Crippen molar-refractivity contribution in [2.45, 2.75) is 6.54 Å². The Morgan fingerprint density at radius 2 is 1.75 bits per heavy atom. The number of benzene rings is 2. The van der Waals surface area contributed by atoms with Gasteiger partial charge in [-0.25, -0.2) is 0 Å². The molecule has 0 aliphatic heterocycles. The van der Waals surface area contributed by atoms with Gasteiger partial charge in [-0.05, 0) is 29.8 Å². The zero-order chi connectivity index (χ0) is 17.4. The summed E-state index contributed by atoms with van der Waals surface area (Å²) in [5.74, 6) is -1.51. The predicted molar refractivity (Wildman–Crippen MR) is 88.7 cm³/mol. The fourth-order valence-corrected chi connectivity index (χ4v) is 2.13. The molecule has 0 saturated heterocycles. The molecule has 0 fully saturated rings. The van der Waals surface area contributed by atoms with Crippen LogP contribution in [0.2, 0.25) is 0 Å². The zero-order valence-electron chi connectivity index (χ0n) is 13.0. The highest BCUT2D eigenvalue weighted by molar-refractivity contribution is 6.39. The van der Waals surface area contributed by atoms with Crippen molar-refractivity contribution in [3.05, 3.63) is 65.7 Å². The molecule has 6 heteroatoms. The lowest BCUT2D eigenvalue weighted by atomic mass is 10.2. The highest BCUT2D eigenvalue weighted by atomic mass is 16.3. The predicted octanol–water partition coefficient (Wildman–Crippen LogP) is 1.52. The molecule has 24 heavy (non-hydrogen) atoms. The van der Waals surface area contributed by atoms with Crippen LogP contribution in [0.25, 0.3) is 0 Å². The lowest BCUT2D eigenvalue weighted by molar-refractivity contribution is -0.143. The van der Waals surface area contributed by atoms with Gasteiger partial charge in [0.25, 0.3) is 0 Å². The van der Waals surface area contributed by atoms with E-state index in [1.165, 1.54) is 4.90 Å². The first-order chi connectivity index (χ1) is 11.6. The van der Waals surface area contributed by atoms with Gasteiger partial charge < -0.3 is 15.3 Å². The van der Waals surface area contributed by atoms with E-state index in [2.05, 4.69) is 5.32 Å². The van der Waals surface area contributed by atoms with Gasteiger partial charge in [0.2, 0.25) is 0 Å². The van der Waals surface area contributed by atoms with Crippen molar-refractivity contribution >= 4 is 17.5 Å². The first-order valence-corrected chi connectivity index (χ1v) is 7.39. The summed E-state index contributed by atoms with van der Waals surface area (Å²) in [6.07, 6.45) is 0. The van der Waals surface area contributed by atoms with E-state index in [-0.39, 0.29) is 19.7 Å². The maximum absolute atomic E-state index is 12.3. The minimum absolute atomic E-state index is 0.0640. The summed E-state index contributed by atoms with van der Waals surface area (Å²) in [5, 5.41) is 20.4. The highest BCUT2D eigenvalue weighted by Crippen LogP contribution is 2.10. The molecule has 2 N–H and O–H groups in total. The number of aliphatic hydroxyl groups is 1. The van der Waals surface area contributed by atoms with Crippen LogP contribution in [0.15, 0.2) is 54.6 Å². The van der Waals surface area contributed by atoms with Gasteiger partial charge >= 0.3 is 11.8 Å². The van der Waals surface area contributed by atoms with Crippen LogP contribution in [-0.4, -0.2) is 35.0 Å². The number of rotatable bonds is 5. The Morgan fingerprint density at radius 1 is 1.08 bits per heavy atom. The van der Waals surface area contributed by atoms with Crippen LogP contribution in [0, 0.1) is 11.3 Å². The molecule has 0 aliphatic rings. The lowest BCUT2D eigenvalue weighted by Gasteiger charge is -2.21. The molecule has 2 aromatic carbocycles. The van der Waals surface area contributed by atoms with E-state index in [9.17, 15) is 9.59 Å². The van der Waals surface area contributed by atoms with Crippen molar-refractivity contribution in [2.24, 2.45) is 0 Å². The van der Waals surface area contributed by atoms with Crippen molar-refractivity contribution in [3.8, 4) is 6.07 Å². The molecule has 0 saturated carbocycles. The van der Waals surface area contributed by atoms with Gasteiger partial charge in [0, 0.05) is 18.8 Å². The van der Waals surface area contributed by atoms with Crippen LogP contribution in [0.4, 0.5) is 5.69 Å². The molecule has 0 aliphatic carbocycles. The van der Waals surface area contributed by atoms with Crippen molar-refractivity contribution in [2.75, 3.05) is 18.5 Å². The summed E-state index contributed by atoms with van der Waals surface area (Å²) in [4.78, 5) is 25.7. The van der Waals surface area contributed by atoms with Crippen LogP contribution in [0.1, 0.15) is 11.1 Å². The smallest absolute Gasteiger partial charge is 0.313 e. The Kier molecular flexibility index (Phi) is 6.06. The number of aliphatic hydroxyl groups excluding tert-OH is 1. The number of nitrogens with one attached hydrogen (secondary N) is 1. The summed E-state index contributed by atoms with van der Waals surface area (Å²) < 4.78 is 0. The molecule has 6 nitrogen and oxygen atoms in total. The van der Waals surface area contributed by atoms with Crippen LogP contribution in [0.5, 0.6) is 0 Å². The largest absolute Gasteiger partial charge is 0.395 e. The molecule has 0 bridgehead atoms. The summed E-state index contributed by atoms with van der Waals surface area (Å²) in [6.45, 7) is 0.0677. The summed E-state index contributed by atoms with van der Waals surface area (Å²) in [7, 11) is 0. The number of hydrogen-bond donors (Lipinski definition) is 2. The topological polar surface area (TPSA) is 93.4 Å². The lowest BCUT2D eigenvalue weighted by Crippen LogP contribution is -2.40. The second kappa shape index (κ2) is 8.46. The van der Waals surface area contributed by atoms with Gasteiger partial charge in [-0.15, -0.1) is 0 Å². The average molecular weight is 323 g/mol. The van der Waals surface area contributed by atoms with Gasteiger partial charge in [-0.3, -0.25) is 9.59 Å². The Labute approximate surface area is 139 Å². The first-order valence-electron chi connectivity index (χ1n) is 7.39. The maximum Gasteiger partial charge on any atom is 0.313 e. The van der Waals surface area contributed by atoms with E-state index in [1.54, 1.807) is 24.3 Å². The second-order valence-corrected chi connectivity index (χ2v) is 5.08. The fourth-order valence-electron chi connectivity index (χ4n) is 2.13. The van der Waals surface area contributed by atoms with Crippen LogP contribution in [-0.2, 0) is 16.1 Å². The highest BCUT2D eigenvalue weighted by Gasteiger charge is 2.21. The van der Waals surface area contributed by atoms with E-state index < -0.39 is 11.8 Å². The molecule has 0 radical (unpaired) electrons. The minimum Gasteiger partial charge on any atom is -0.395 e. The number of carbonyl (C=O) groups excluding carboxylic acids is 2. The maximum atomic E-state index is 12.3. The molecule has 2 amide bonds. The number of anilines is 1. The van der Waals surface area contributed by atoms with Gasteiger partial charge in [0.15, 0.2) is 0 Å². The summed E-state index contributed by atoms with van der Waals surface area (Å²) in [5.41, 5.74) is 1.76. The van der Waals surface area contributed by atoms with E-state index in [4.69, 9.17) is 10.4 Å². The second-order valence-electron chi connectivity index (χ2n) is 5.08. The van der Waals surface area contributed by atoms with Crippen LogP contribution < -0.4 is 5.32 Å². The number of hydrogen-bond acceptors (Lipinski definition) is 4. The van der Waals surface area contributed by atoms with Crippen LogP contribution in [0.3, 0.4) is 0 Å². The van der Waals surface area contributed by atoms with Crippen molar-refractivity contribution in [1.82, 2.24) is 4.90 Å². The Balaban J connectivity index is 2.04. The Morgan fingerprint density at radius 3 is 2.33 bits per heavy atom. The quantitative estimate of drug-likeness (QED) is 0.816. The summed E-state index contributed by atoms with van der Waals surface area (Å²) >= 11 is 0. The molecule has 0 atom stereocenters. The fraction of sp³-hybridized carbons (Fsp3) is 0.167. The normalized spacial score (nSPS) is 9.83. The van der Waals surface area contributed by atoms with E-state index in [1.807, 2.05) is 36.4 Å². The average Bonchev–Trinajstić information content (AvgIpc) is 2.62. The van der Waals surface area contributed by atoms with Crippen molar-refractivity contribution < 1.29 is 14.7 Å². The molecular weight excluding hydrogens is 306 g/mol. The van der Waals surface area contributed by atoms with E-state index >= 15 is 0 Å². The third kappa shape index (κ3) is 4.66. The third-order valence-electron chi connectivity index (χ3n) is 3.34. The van der Waals surface area contributed by atoms with E-state index in [0.717, 1.165) is 5.56 Å². The van der Waals surface area contributed by atoms with Gasteiger partial charge in [-0.1, -0.05) is 30.3 Å². The number of amides is 2. The molecule has 0 spiro atoms. The van der Waals surface area contributed by atoms with Crippen LogP contribution >= 0.6 is 0 Å². The standard InChI is InChI=1S/C18H17N3O3/c19-12-14-6-8-16(9-7-14)20-17(23)18(24)21(10-11-22)13-15-4-2-1-3-5-15/h1-9,22H,10-11,13H2,(H,20,23). The molecular formula is C18H17N3O3. The molecule has 2 aromatic rings.